The number of nitrogens with zero attached hydrogens (tertiary/aromatic N) is 4. The molecule has 7 heteroatoms. The smallest absolute Gasteiger partial charge is 0.245 e. The molecule has 0 saturated heterocycles. The Labute approximate surface area is 215 Å². The number of hydrogen-bond donors (Lipinski definition) is 0. The number of aromatic nitrogens is 2. The first-order chi connectivity index (χ1) is 18.4. The number of fused-ring (bicyclic) bond motifs is 4. The zero-order valence-corrected chi connectivity index (χ0v) is 19.6. The van der Waals surface area contributed by atoms with Crippen LogP contribution in [-0.4, -0.2) is 9.97 Å². The predicted molar refractivity (Wildman–Crippen MR) is 139 cm³/mol. The molecular formula is C31H15F3N4. The lowest BCUT2D eigenvalue weighted by Crippen LogP contribution is -2.04. The van der Waals surface area contributed by atoms with Gasteiger partial charge in [0.25, 0.3) is 5.70 Å². The van der Waals surface area contributed by atoms with Gasteiger partial charge in [-0.2, -0.15) is 13.2 Å². The Morgan fingerprint density at radius 2 is 1.26 bits per heavy atom. The molecule has 6 rings (SSSR count). The first-order valence-corrected chi connectivity index (χ1v) is 11.6. The van der Waals surface area contributed by atoms with Crippen molar-refractivity contribution >= 4 is 16.6 Å². The first kappa shape index (κ1) is 23.1. The summed E-state index contributed by atoms with van der Waals surface area (Å²) >= 11 is 0. The second-order valence-electron chi connectivity index (χ2n) is 8.74. The lowest BCUT2D eigenvalue weighted by atomic mass is 9.93. The number of rotatable bonds is 2. The molecule has 4 aromatic carbocycles. The van der Waals surface area contributed by atoms with Crippen molar-refractivity contribution in [3.63, 3.8) is 0 Å². The number of hydrogen-bond acceptors (Lipinski definition) is 3. The standard InChI is InChI=1S/C31H15F3N4/c1-36-27(17-35)28-21-9-5-6-10-22(21)29-30(28)38-26-15-23(18-7-3-2-4-8-18)24(16-25(26)37-29)19-11-13-20(14-12-19)31(32,33)34/h2-16H/b28-27+. The first-order valence-electron chi connectivity index (χ1n) is 11.6. The van der Waals surface area contributed by atoms with Gasteiger partial charge in [0.2, 0.25) is 0 Å². The number of nitriles is 1. The van der Waals surface area contributed by atoms with Crippen LogP contribution in [0.25, 0.3) is 55.0 Å². The van der Waals surface area contributed by atoms with Crippen molar-refractivity contribution in [1.82, 2.24) is 9.97 Å². The van der Waals surface area contributed by atoms with Crippen molar-refractivity contribution in [3.8, 4) is 39.6 Å². The van der Waals surface area contributed by atoms with E-state index in [4.69, 9.17) is 16.5 Å². The van der Waals surface area contributed by atoms with Crippen molar-refractivity contribution in [2.24, 2.45) is 0 Å². The minimum Gasteiger partial charge on any atom is -0.245 e. The van der Waals surface area contributed by atoms with Crippen LogP contribution in [-0.2, 0) is 6.18 Å². The van der Waals surface area contributed by atoms with Crippen LogP contribution in [0.1, 0.15) is 16.8 Å². The normalized spacial score (nSPS) is 13.4. The fourth-order valence-corrected chi connectivity index (χ4v) is 4.81. The van der Waals surface area contributed by atoms with E-state index in [1.165, 1.54) is 12.1 Å². The molecule has 1 aromatic heterocycles. The summed E-state index contributed by atoms with van der Waals surface area (Å²) < 4.78 is 39.6. The predicted octanol–water partition coefficient (Wildman–Crippen LogP) is 8.17. The highest BCUT2D eigenvalue weighted by Gasteiger charge is 2.31. The highest BCUT2D eigenvalue weighted by molar-refractivity contribution is 6.03. The molecule has 0 unspecified atom stereocenters. The molecule has 0 spiro atoms. The number of halogens is 3. The summed E-state index contributed by atoms with van der Waals surface area (Å²) in [5.74, 6) is 0. The van der Waals surface area contributed by atoms with Gasteiger partial charge in [-0.15, -0.1) is 0 Å². The molecule has 38 heavy (non-hydrogen) atoms. The fraction of sp³-hybridized carbons (Fsp3) is 0.0323. The number of alkyl halides is 3. The van der Waals surface area contributed by atoms with Crippen LogP contribution in [0.2, 0.25) is 0 Å². The van der Waals surface area contributed by atoms with Crippen LogP contribution < -0.4 is 0 Å². The highest BCUT2D eigenvalue weighted by atomic mass is 19.4. The van der Waals surface area contributed by atoms with Gasteiger partial charge in [0.15, 0.2) is 0 Å². The van der Waals surface area contributed by atoms with E-state index >= 15 is 0 Å². The Kier molecular flexibility index (Phi) is 5.29. The van der Waals surface area contributed by atoms with Crippen molar-refractivity contribution in [3.05, 3.63) is 125 Å². The third-order valence-electron chi connectivity index (χ3n) is 6.55. The van der Waals surface area contributed by atoms with Crippen molar-refractivity contribution in [2.75, 3.05) is 0 Å². The zero-order chi connectivity index (χ0) is 26.4. The van der Waals surface area contributed by atoms with E-state index in [0.29, 0.717) is 39.1 Å². The monoisotopic (exact) mass is 500 g/mol. The van der Waals surface area contributed by atoms with Gasteiger partial charge in [-0.25, -0.2) is 20.1 Å². The highest BCUT2D eigenvalue weighted by Crippen LogP contribution is 2.45. The van der Waals surface area contributed by atoms with Gasteiger partial charge in [-0.05, 0) is 52.1 Å². The fourth-order valence-electron chi connectivity index (χ4n) is 4.81. The van der Waals surface area contributed by atoms with E-state index < -0.39 is 11.7 Å². The molecule has 180 valence electrons. The Balaban J connectivity index is 1.64. The molecule has 0 radical (unpaired) electrons. The van der Waals surface area contributed by atoms with Gasteiger partial charge >= 0.3 is 6.18 Å². The second kappa shape index (κ2) is 8.69. The molecule has 0 bridgehead atoms. The molecule has 0 saturated carbocycles. The summed E-state index contributed by atoms with van der Waals surface area (Å²) in [7, 11) is 0. The van der Waals surface area contributed by atoms with Crippen molar-refractivity contribution in [1.29, 1.82) is 5.26 Å². The topological polar surface area (TPSA) is 53.9 Å². The summed E-state index contributed by atoms with van der Waals surface area (Å²) in [4.78, 5) is 13.2. The molecule has 0 N–H and O–H groups in total. The molecule has 1 aliphatic carbocycles. The van der Waals surface area contributed by atoms with Crippen LogP contribution in [0.15, 0.2) is 96.7 Å². The summed E-state index contributed by atoms with van der Waals surface area (Å²) in [5.41, 5.74) is 6.26. The van der Waals surface area contributed by atoms with Gasteiger partial charge in [0.05, 0.1) is 40.6 Å². The minimum atomic E-state index is -4.43. The van der Waals surface area contributed by atoms with Crippen molar-refractivity contribution < 1.29 is 13.2 Å². The Morgan fingerprint density at radius 1 is 0.711 bits per heavy atom. The minimum absolute atomic E-state index is 0.0606. The van der Waals surface area contributed by atoms with Crippen LogP contribution >= 0.6 is 0 Å². The van der Waals surface area contributed by atoms with Gasteiger partial charge in [-0.3, -0.25) is 0 Å². The summed E-state index contributed by atoms with van der Waals surface area (Å²) in [5, 5.41) is 9.64. The molecule has 0 fully saturated rings. The molecule has 4 nitrogen and oxygen atoms in total. The Hall–Kier alpha value is -5.27. The van der Waals surface area contributed by atoms with E-state index in [-0.39, 0.29) is 5.70 Å². The molecule has 1 heterocycles. The molecular weight excluding hydrogens is 485 g/mol. The second-order valence-corrected chi connectivity index (χ2v) is 8.74. The maximum absolute atomic E-state index is 13.2. The van der Waals surface area contributed by atoms with E-state index in [1.54, 1.807) is 0 Å². The molecule has 5 aromatic rings. The third-order valence-corrected chi connectivity index (χ3v) is 6.55. The van der Waals surface area contributed by atoms with Gasteiger partial charge in [-0.1, -0.05) is 66.7 Å². The molecule has 0 atom stereocenters. The van der Waals surface area contributed by atoms with Crippen LogP contribution in [0.4, 0.5) is 13.2 Å². The third kappa shape index (κ3) is 3.70. The number of allylic oxidation sites excluding steroid dienone is 1. The Bertz CT molecular complexity index is 1840. The zero-order valence-electron chi connectivity index (χ0n) is 19.6. The van der Waals surface area contributed by atoms with E-state index in [9.17, 15) is 18.4 Å². The van der Waals surface area contributed by atoms with Crippen LogP contribution in [0.5, 0.6) is 0 Å². The van der Waals surface area contributed by atoms with Crippen LogP contribution in [0, 0.1) is 17.9 Å². The van der Waals surface area contributed by atoms with Gasteiger partial charge in [0, 0.05) is 11.1 Å². The molecule has 0 aliphatic heterocycles. The van der Waals surface area contributed by atoms with Gasteiger partial charge in [0.1, 0.15) is 0 Å². The quantitative estimate of drug-likeness (QED) is 0.178. The summed E-state index contributed by atoms with van der Waals surface area (Å²) in [6.45, 7) is 7.52. The number of benzene rings is 4. The summed E-state index contributed by atoms with van der Waals surface area (Å²) in [6, 6.07) is 27.6. The molecule has 0 amide bonds. The van der Waals surface area contributed by atoms with Gasteiger partial charge < -0.3 is 0 Å². The SMILES string of the molecule is [C-]#[N+]/C(C#N)=C1\c2ccccc2-c2nc3cc(-c4ccc(C(F)(F)F)cc4)c(-c4ccccc4)cc3nc21. The average Bonchev–Trinajstić information content (AvgIpc) is 3.25. The lowest BCUT2D eigenvalue weighted by Gasteiger charge is -2.14. The van der Waals surface area contributed by atoms with Crippen molar-refractivity contribution in [2.45, 2.75) is 6.18 Å². The van der Waals surface area contributed by atoms with Crippen LogP contribution in [0.3, 0.4) is 0 Å². The van der Waals surface area contributed by atoms with E-state index in [1.807, 2.05) is 72.8 Å². The largest absolute Gasteiger partial charge is 0.416 e. The maximum Gasteiger partial charge on any atom is 0.416 e. The lowest BCUT2D eigenvalue weighted by molar-refractivity contribution is -0.137. The summed E-state index contributed by atoms with van der Waals surface area (Å²) in [6.07, 6.45) is -4.43. The van der Waals surface area contributed by atoms with E-state index in [0.717, 1.165) is 34.4 Å². The maximum atomic E-state index is 13.2. The van der Waals surface area contributed by atoms with E-state index in [2.05, 4.69) is 4.85 Å². The average molecular weight is 500 g/mol. The molecule has 1 aliphatic rings. The Morgan fingerprint density at radius 3 is 1.84 bits per heavy atom.